The summed E-state index contributed by atoms with van der Waals surface area (Å²) >= 11 is 1.70. The van der Waals surface area contributed by atoms with Crippen molar-refractivity contribution >= 4 is 17.5 Å². The van der Waals surface area contributed by atoms with Crippen LogP contribution >= 0.6 is 11.8 Å². The van der Waals surface area contributed by atoms with Crippen molar-refractivity contribution in [3.05, 3.63) is 96.1 Å². The predicted molar refractivity (Wildman–Crippen MR) is 128 cm³/mol. The second-order valence-electron chi connectivity index (χ2n) is 7.60. The molecule has 0 aliphatic heterocycles. The number of benzene rings is 3. The minimum Gasteiger partial charge on any atom is -0.296 e. The Kier molecular flexibility index (Phi) is 9.84. The van der Waals surface area contributed by atoms with E-state index in [-0.39, 0.29) is 11.8 Å². The van der Waals surface area contributed by atoms with Gasteiger partial charge in [-0.25, -0.2) is 0 Å². The average molecular weight is 434 g/mol. The Morgan fingerprint density at radius 3 is 2.16 bits per heavy atom. The standard InChI is InChI=1S/C27H31NO2S/c1-2-3-4-11-16-26(28-30-21-22-12-7-5-8-13-22)27(29)23-17-19-25(20-18-23)31-24-14-9-6-10-15-24/h5-10,12-15,17-20,26,28H,2-4,11,16,21H2,1H3. The fraction of sp³-hybridized carbons (Fsp3) is 0.296. The Bertz CT molecular complexity index is 898. The largest absolute Gasteiger partial charge is 0.296 e. The Morgan fingerprint density at radius 2 is 1.48 bits per heavy atom. The van der Waals surface area contributed by atoms with E-state index in [0.29, 0.717) is 12.2 Å². The van der Waals surface area contributed by atoms with Gasteiger partial charge in [0.05, 0.1) is 12.6 Å². The molecule has 0 spiro atoms. The fourth-order valence-electron chi connectivity index (χ4n) is 3.33. The van der Waals surface area contributed by atoms with Gasteiger partial charge in [0.1, 0.15) is 0 Å². The topological polar surface area (TPSA) is 38.3 Å². The van der Waals surface area contributed by atoms with E-state index >= 15 is 0 Å². The van der Waals surface area contributed by atoms with Crippen LogP contribution in [-0.4, -0.2) is 11.8 Å². The third kappa shape index (κ3) is 7.98. The molecule has 31 heavy (non-hydrogen) atoms. The molecule has 4 heteroatoms. The molecule has 3 rings (SSSR count). The fourth-order valence-corrected chi connectivity index (χ4v) is 4.17. The molecule has 0 saturated carbocycles. The predicted octanol–water partition coefficient (Wildman–Crippen LogP) is 7.08. The van der Waals surface area contributed by atoms with E-state index < -0.39 is 0 Å². The maximum Gasteiger partial charge on any atom is 0.182 e. The van der Waals surface area contributed by atoms with Crippen LogP contribution < -0.4 is 5.48 Å². The van der Waals surface area contributed by atoms with Crippen LogP contribution in [0.25, 0.3) is 0 Å². The Labute approximate surface area is 190 Å². The number of unbranched alkanes of at least 4 members (excludes halogenated alkanes) is 3. The Morgan fingerprint density at radius 1 is 0.839 bits per heavy atom. The van der Waals surface area contributed by atoms with E-state index in [1.165, 1.54) is 17.7 Å². The molecular weight excluding hydrogens is 402 g/mol. The van der Waals surface area contributed by atoms with Crippen LogP contribution in [0, 0.1) is 0 Å². The molecular formula is C27H31NO2S. The number of Topliss-reactive ketones (excluding diaryl/α,β-unsaturated/α-hetero) is 1. The second kappa shape index (κ2) is 13.1. The first-order valence-electron chi connectivity index (χ1n) is 11.0. The highest BCUT2D eigenvalue weighted by atomic mass is 32.2. The zero-order valence-electron chi connectivity index (χ0n) is 18.1. The molecule has 0 radical (unpaired) electrons. The lowest BCUT2D eigenvalue weighted by Crippen LogP contribution is -2.36. The van der Waals surface area contributed by atoms with Crippen molar-refractivity contribution in [1.29, 1.82) is 0 Å². The van der Waals surface area contributed by atoms with Crippen LogP contribution in [0.4, 0.5) is 0 Å². The van der Waals surface area contributed by atoms with E-state index in [2.05, 4.69) is 24.5 Å². The van der Waals surface area contributed by atoms with E-state index in [1.54, 1.807) is 11.8 Å². The van der Waals surface area contributed by atoms with Crippen molar-refractivity contribution in [2.24, 2.45) is 0 Å². The monoisotopic (exact) mass is 433 g/mol. The van der Waals surface area contributed by atoms with Gasteiger partial charge in [0.15, 0.2) is 5.78 Å². The Balaban J connectivity index is 1.60. The summed E-state index contributed by atoms with van der Waals surface area (Å²) in [5, 5.41) is 0. The number of rotatable bonds is 13. The van der Waals surface area contributed by atoms with Crippen molar-refractivity contribution in [2.45, 2.75) is 61.5 Å². The smallest absolute Gasteiger partial charge is 0.182 e. The summed E-state index contributed by atoms with van der Waals surface area (Å²) in [6.07, 6.45) is 5.28. The molecule has 1 unspecified atom stereocenters. The summed E-state index contributed by atoms with van der Waals surface area (Å²) in [5.41, 5.74) is 4.84. The molecule has 3 aromatic carbocycles. The summed E-state index contributed by atoms with van der Waals surface area (Å²) in [5.74, 6) is 0.0841. The van der Waals surface area contributed by atoms with Gasteiger partial charge in [-0.3, -0.25) is 9.63 Å². The van der Waals surface area contributed by atoms with E-state index in [0.717, 1.165) is 29.7 Å². The summed E-state index contributed by atoms with van der Waals surface area (Å²) in [4.78, 5) is 21.2. The van der Waals surface area contributed by atoms with Crippen molar-refractivity contribution in [3.63, 3.8) is 0 Å². The normalized spacial score (nSPS) is 11.9. The molecule has 3 aromatic rings. The van der Waals surface area contributed by atoms with Crippen molar-refractivity contribution < 1.29 is 9.63 Å². The lowest BCUT2D eigenvalue weighted by Gasteiger charge is -2.18. The maximum atomic E-state index is 13.2. The molecule has 0 heterocycles. The van der Waals surface area contributed by atoms with Gasteiger partial charge in [0, 0.05) is 15.4 Å². The molecule has 0 aromatic heterocycles. The number of carbonyl (C=O) groups is 1. The van der Waals surface area contributed by atoms with Gasteiger partial charge in [-0.15, -0.1) is 0 Å². The zero-order chi connectivity index (χ0) is 21.7. The number of hydrogen-bond donors (Lipinski definition) is 1. The molecule has 0 amide bonds. The first-order chi connectivity index (χ1) is 15.3. The lowest BCUT2D eigenvalue weighted by molar-refractivity contribution is 0.00414. The van der Waals surface area contributed by atoms with E-state index in [1.807, 2.05) is 72.8 Å². The Hall–Kier alpha value is -2.40. The van der Waals surface area contributed by atoms with Gasteiger partial charge in [-0.05, 0) is 36.2 Å². The summed E-state index contributed by atoms with van der Waals surface area (Å²) in [6, 6.07) is 27.8. The minimum absolute atomic E-state index is 0.0841. The molecule has 0 bridgehead atoms. The van der Waals surface area contributed by atoms with E-state index in [9.17, 15) is 4.79 Å². The highest BCUT2D eigenvalue weighted by Gasteiger charge is 2.20. The lowest BCUT2D eigenvalue weighted by atomic mass is 9.99. The molecule has 162 valence electrons. The summed E-state index contributed by atoms with van der Waals surface area (Å²) in [7, 11) is 0. The molecule has 1 atom stereocenters. The number of nitrogens with one attached hydrogen (secondary N) is 1. The second-order valence-corrected chi connectivity index (χ2v) is 8.74. The van der Waals surface area contributed by atoms with Crippen LogP contribution in [-0.2, 0) is 11.4 Å². The van der Waals surface area contributed by atoms with Gasteiger partial charge < -0.3 is 0 Å². The third-order valence-corrected chi connectivity index (χ3v) is 6.10. The van der Waals surface area contributed by atoms with Crippen LogP contribution in [0.5, 0.6) is 0 Å². The first-order valence-corrected chi connectivity index (χ1v) is 11.9. The summed E-state index contributed by atoms with van der Waals surface area (Å²) in [6.45, 7) is 2.63. The van der Waals surface area contributed by atoms with Crippen LogP contribution in [0.15, 0.2) is 94.7 Å². The van der Waals surface area contributed by atoms with Crippen molar-refractivity contribution in [3.8, 4) is 0 Å². The van der Waals surface area contributed by atoms with Gasteiger partial charge in [0.25, 0.3) is 0 Å². The van der Waals surface area contributed by atoms with Crippen LogP contribution in [0.2, 0.25) is 0 Å². The van der Waals surface area contributed by atoms with Gasteiger partial charge >= 0.3 is 0 Å². The first kappa shape index (κ1) is 23.3. The highest BCUT2D eigenvalue weighted by Crippen LogP contribution is 2.27. The highest BCUT2D eigenvalue weighted by molar-refractivity contribution is 7.99. The zero-order valence-corrected chi connectivity index (χ0v) is 18.9. The summed E-state index contributed by atoms with van der Waals surface area (Å²) < 4.78 is 0. The van der Waals surface area contributed by atoms with Crippen LogP contribution in [0.1, 0.15) is 54.9 Å². The average Bonchev–Trinajstić information content (AvgIpc) is 2.82. The SMILES string of the molecule is CCCCCCC(NOCc1ccccc1)C(=O)c1ccc(Sc2ccccc2)cc1. The van der Waals surface area contributed by atoms with Crippen LogP contribution in [0.3, 0.4) is 0 Å². The number of hydroxylamine groups is 1. The van der Waals surface area contributed by atoms with Gasteiger partial charge in [-0.1, -0.05) is 105 Å². The number of hydrogen-bond acceptors (Lipinski definition) is 4. The quantitative estimate of drug-likeness (QED) is 0.177. The van der Waals surface area contributed by atoms with Crippen molar-refractivity contribution in [2.75, 3.05) is 0 Å². The number of ketones is 1. The minimum atomic E-state index is -0.340. The molecule has 0 aliphatic carbocycles. The third-order valence-electron chi connectivity index (χ3n) is 5.09. The molecule has 1 N–H and O–H groups in total. The molecule has 0 saturated heterocycles. The van der Waals surface area contributed by atoms with Crippen molar-refractivity contribution in [1.82, 2.24) is 5.48 Å². The number of carbonyl (C=O) groups excluding carboxylic acids is 1. The molecule has 3 nitrogen and oxygen atoms in total. The molecule has 0 aliphatic rings. The van der Waals surface area contributed by atoms with E-state index in [4.69, 9.17) is 4.84 Å². The maximum absolute atomic E-state index is 13.2. The van der Waals surface area contributed by atoms with Gasteiger partial charge in [0.2, 0.25) is 0 Å². The molecule has 0 fully saturated rings. The van der Waals surface area contributed by atoms with Gasteiger partial charge in [-0.2, -0.15) is 5.48 Å².